The molecule has 0 unspecified atom stereocenters. The van der Waals surface area contributed by atoms with Gasteiger partial charge in [0.05, 0.1) is 6.10 Å². The molecule has 2 aromatic rings. The Bertz CT molecular complexity index is 697. The minimum atomic E-state index is -0.421. The van der Waals surface area contributed by atoms with Crippen LogP contribution < -0.4 is 0 Å². The fourth-order valence-electron chi connectivity index (χ4n) is 3.59. The lowest BCUT2D eigenvalue weighted by Crippen LogP contribution is -2.31. The Kier molecular flexibility index (Phi) is 3.54. The average Bonchev–Trinajstić information content (AvgIpc) is 3.15. The number of rotatable bonds is 2. The molecule has 1 aliphatic carbocycles. The maximum absolute atomic E-state index is 12.2. The highest BCUT2D eigenvalue weighted by Gasteiger charge is 2.31. The molecule has 0 bridgehead atoms. The van der Waals surface area contributed by atoms with Crippen LogP contribution in [0, 0.1) is 0 Å². The Morgan fingerprint density at radius 2 is 1.70 bits per heavy atom. The van der Waals surface area contributed by atoms with Crippen LogP contribution in [0.1, 0.15) is 23.5 Å². The van der Waals surface area contributed by atoms with Crippen LogP contribution in [0.2, 0.25) is 0 Å². The van der Waals surface area contributed by atoms with Crippen molar-refractivity contribution in [3.05, 3.63) is 59.7 Å². The Labute approximate surface area is 135 Å². The average molecular weight is 309 g/mol. The van der Waals surface area contributed by atoms with Crippen LogP contribution in [0.4, 0.5) is 4.79 Å². The smallest absolute Gasteiger partial charge is 0.409 e. The number of carbonyl (C=O) groups excluding carboxylic acids is 1. The molecule has 118 valence electrons. The number of ether oxygens (including phenoxy) is 1. The van der Waals surface area contributed by atoms with Gasteiger partial charge in [0.25, 0.3) is 0 Å². The van der Waals surface area contributed by atoms with Crippen molar-refractivity contribution in [1.82, 2.24) is 4.90 Å². The van der Waals surface area contributed by atoms with E-state index < -0.39 is 6.10 Å². The first-order chi connectivity index (χ1) is 11.2. The number of likely N-dealkylation sites (tertiary alicyclic amines) is 1. The van der Waals surface area contributed by atoms with Crippen LogP contribution in [0.25, 0.3) is 11.1 Å². The number of fused-ring (bicyclic) bond motifs is 3. The number of nitrogens with zero attached hydrogens (tertiary/aromatic N) is 1. The van der Waals surface area contributed by atoms with E-state index in [1.54, 1.807) is 4.90 Å². The van der Waals surface area contributed by atoms with Crippen molar-refractivity contribution in [2.24, 2.45) is 0 Å². The van der Waals surface area contributed by atoms with E-state index >= 15 is 0 Å². The van der Waals surface area contributed by atoms with E-state index in [4.69, 9.17) is 4.74 Å². The predicted octanol–water partition coefficient (Wildman–Crippen LogP) is 3.00. The number of aliphatic hydroxyl groups excluding tert-OH is 1. The third-order valence-electron chi connectivity index (χ3n) is 4.76. The number of hydrogen-bond donors (Lipinski definition) is 1. The molecule has 1 atom stereocenters. The first kappa shape index (κ1) is 14.3. The molecule has 4 heteroatoms. The zero-order chi connectivity index (χ0) is 15.8. The minimum absolute atomic E-state index is 0.0823. The molecule has 0 saturated carbocycles. The molecular weight excluding hydrogens is 290 g/mol. The van der Waals surface area contributed by atoms with E-state index in [1.165, 1.54) is 22.3 Å². The zero-order valence-electron chi connectivity index (χ0n) is 12.8. The maximum Gasteiger partial charge on any atom is 0.409 e. The number of β-amino-alcohol motifs (C(OH)–C–C–N with tert-alkyl or cyclic N) is 1. The molecule has 1 N–H and O–H groups in total. The molecule has 0 aromatic heterocycles. The van der Waals surface area contributed by atoms with Gasteiger partial charge in [-0.3, -0.25) is 0 Å². The molecule has 2 aliphatic rings. The van der Waals surface area contributed by atoms with E-state index in [9.17, 15) is 9.90 Å². The number of benzene rings is 2. The van der Waals surface area contributed by atoms with Gasteiger partial charge in [-0.15, -0.1) is 0 Å². The lowest BCUT2D eigenvalue weighted by Gasteiger charge is -2.18. The molecule has 1 fully saturated rings. The Hall–Kier alpha value is -2.33. The molecule has 4 rings (SSSR count). The summed E-state index contributed by atoms with van der Waals surface area (Å²) in [6.07, 6.45) is -0.122. The molecule has 4 nitrogen and oxygen atoms in total. The molecule has 1 aliphatic heterocycles. The molecule has 1 saturated heterocycles. The molecule has 2 aromatic carbocycles. The Morgan fingerprint density at radius 3 is 2.26 bits per heavy atom. The molecule has 1 heterocycles. The van der Waals surface area contributed by atoms with Crippen LogP contribution in [0.15, 0.2) is 48.5 Å². The van der Waals surface area contributed by atoms with Crippen LogP contribution >= 0.6 is 0 Å². The summed E-state index contributed by atoms with van der Waals surface area (Å²) in [4.78, 5) is 13.7. The van der Waals surface area contributed by atoms with Crippen molar-refractivity contribution in [2.45, 2.75) is 18.4 Å². The highest BCUT2D eigenvalue weighted by atomic mass is 16.6. The first-order valence-electron chi connectivity index (χ1n) is 8.02. The highest BCUT2D eigenvalue weighted by molar-refractivity contribution is 5.79. The second kappa shape index (κ2) is 5.70. The first-order valence-corrected chi connectivity index (χ1v) is 8.02. The number of aliphatic hydroxyl groups is 1. The van der Waals surface area contributed by atoms with Crippen LogP contribution in [0.5, 0.6) is 0 Å². The minimum Gasteiger partial charge on any atom is -0.448 e. The molecule has 0 radical (unpaired) electrons. The zero-order valence-corrected chi connectivity index (χ0v) is 12.8. The summed E-state index contributed by atoms with van der Waals surface area (Å²) in [7, 11) is 0. The summed E-state index contributed by atoms with van der Waals surface area (Å²) in [5.74, 6) is 0.0823. The van der Waals surface area contributed by atoms with Crippen molar-refractivity contribution in [3.8, 4) is 11.1 Å². The van der Waals surface area contributed by atoms with E-state index in [1.807, 2.05) is 24.3 Å². The normalized spacial score (nSPS) is 19.5. The quantitative estimate of drug-likeness (QED) is 0.928. The molecular formula is C19H19NO3. The van der Waals surface area contributed by atoms with Gasteiger partial charge in [0.1, 0.15) is 6.61 Å². The van der Waals surface area contributed by atoms with Gasteiger partial charge in [0.2, 0.25) is 0 Å². The van der Waals surface area contributed by atoms with Gasteiger partial charge in [-0.2, -0.15) is 0 Å². The fraction of sp³-hybridized carbons (Fsp3) is 0.316. The summed E-state index contributed by atoms with van der Waals surface area (Å²) in [5.41, 5.74) is 4.87. The van der Waals surface area contributed by atoms with Crippen molar-refractivity contribution < 1.29 is 14.6 Å². The molecule has 0 spiro atoms. The van der Waals surface area contributed by atoms with Gasteiger partial charge < -0.3 is 14.7 Å². The predicted molar refractivity (Wildman–Crippen MR) is 87.3 cm³/mol. The van der Waals surface area contributed by atoms with E-state index in [0.717, 1.165) is 0 Å². The lowest BCUT2D eigenvalue weighted by atomic mass is 9.98. The third-order valence-corrected chi connectivity index (χ3v) is 4.76. The number of carbonyl (C=O) groups is 1. The topological polar surface area (TPSA) is 49.8 Å². The highest BCUT2D eigenvalue weighted by Crippen LogP contribution is 2.44. The third kappa shape index (κ3) is 2.49. The van der Waals surface area contributed by atoms with Crippen molar-refractivity contribution in [1.29, 1.82) is 0 Å². The monoisotopic (exact) mass is 309 g/mol. The van der Waals surface area contributed by atoms with E-state index in [2.05, 4.69) is 24.3 Å². The van der Waals surface area contributed by atoms with E-state index in [0.29, 0.717) is 26.1 Å². The van der Waals surface area contributed by atoms with Crippen LogP contribution in [-0.4, -0.2) is 41.9 Å². The van der Waals surface area contributed by atoms with Crippen molar-refractivity contribution in [3.63, 3.8) is 0 Å². The van der Waals surface area contributed by atoms with Crippen LogP contribution in [-0.2, 0) is 4.74 Å². The lowest BCUT2D eigenvalue weighted by molar-refractivity contribution is 0.100. The largest absolute Gasteiger partial charge is 0.448 e. The second-order valence-corrected chi connectivity index (χ2v) is 6.19. The fourth-order valence-corrected chi connectivity index (χ4v) is 3.59. The summed E-state index contributed by atoms with van der Waals surface area (Å²) in [5, 5.41) is 9.54. The summed E-state index contributed by atoms with van der Waals surface area (Å²) in [6.45, 7) is 1.27. The van der Waals surface area contributed by atoms with Crippen LogP contribution in [0.3, 0.4) is 0 Å². The SMILES string of the molecule is O=C(OCC1c2ccccc2-c2ccccc21)N1CC[C@H](O)C1. The standard InChI is InChI=1S/C19H19NO3/c21-13-9-10-20(11-13)19(22)23-12-18-16-7-3-1-5-14(16)15-6-2-4-8-17(15)18/h1-8,13,18,21H,9-12H2/t13-/m0/s1. The number of hydrogen-bond acceptors (Lipinski definition) is 3. The van der Waals surface area contributed by atoms with Gasteiger partial charge in [-0.25, -0.2) is 4.79 Å². The maximum atomic E-state index is 12.2. The Balaban J connectivity index is 1.54. The van der Waals surface area contributed by atoms with Gasteiger partial charge >= 0.3 is 6.09 Å². The number of amides is 1. The van der Waals surface area contributed by atoms with Gasteiger partial charge in [0.15, 0.2) is 0 Å². The second-order valence-electron chi connectivity index (χ2n) is 6.19. The van der Waals surface area contributed by atoms with Gasteiger partial charge in [-0.05, 0) is 28.7 Å². The van der Waals surface area contributed by atoms with Crippen molar-refractivity contribution >= 4 is 6.09 Å². The van der Waals surface area contributed by atoms with Gasteiger partial charge in [0, 0.05) is 19.0 Å². The summed E-state index contributed by atoms with van der Waals surface area (Å²) in [6, 6.07) is 16.6. The van der Waals surface area contributed by atoms with Gasteiger partial charge in [-0.1, -0.05) is 48.5 Å². The Morgan fingerprint density at radius 1 is 1.09 bits per heavy atom. The molecule has 1 amide bonds. The summed E-state index contributed by atoms with van der Waals surface area (Å²) < 4.78 is 5.55. The molecule has 23 heavy (non-hydrogen) atoms. The van der Waals surface area contributed by atoms with E-state index in [-0.39, 0.29) is 12.0 Å². The van der Waals surface area contributed by atoms with Crippen molar-refractivity contribution in [2.75, 3.05) is 19.7 Å². The summed E-state index contributed by atoms with van der Waals surface area (Å²) >= 11 is 0.